The van der Waals surface area contributed by atoms with Crippen LogP contribution in [0.5, 0.6) is 0 Å². The molecule has 1 aromatic heterocycles. The van der Waals surface area contributed by atoms with E-state index in [0.717, 1.165) is 12.8 Å². The summed E-state index contributed by atoms with van der Waals surface area (Å²) < 4.78 is 20.1. The summed E-state index contributed by atoms with van der Waals surface area (Å²) >= 11 is 0. The Hall–Kier alpha value is -3.66. The van der Waals surface area contributed by atoms with Crippen molar-refractivity contribution in [3.8, 4) is 6.07 Å². The van der Waals surface area contributed by atoms with Crippen molar-refractivity contribution in [3.05, 3.63) is 71.5 Å². The third kappa shape index (κ3) is 3.66. The number of nitriles is 1. The highest BCUT2D eigenvalue weighted by Crippen LogP contribution is 2.43. The second-order valence-electron chi connectivity index (χ2n) is 7.79. The molecule has 1 heterocycles. The first-order valence-electron chi connectivity index (χ1n) is 10.2. The van der Waals surface area contributed by atoms with E-state index in [4.69, 9.17) is 4.74 Å². The van der Waals surface area contributed by atoms with E-state index in [-0.39, 0.29) is 11.4 Å². The van der Waals surface area contributed by atoms with Gasteiger partial charge in [0.25, 0.3) is 0 Å². The number of aromatic amines is 1. The predicted octanol–water partition coefficient (Wildman–Crippen LogP) is 4.94. The molecule has 0 bridgehead atoms. The summed E-state index contributed by atoms with van der Waals surface area (Å²) in [5.74, 6) is -1.27. The fourth-order valence-electron chi connectivity index (χ4n) is 4.25. The van der Waals surface area contributed by atoms with Crippen LogP contribution in [0.4, 0.5) is 4.39 Å². The number of ether oxygens (including phenoxy) is 1. The summed E-state index contributed by atoms with van der Waals surface area (Å²) in [6.07, 6.45) is 1.40. The van der Waals surface area contributed by atoms with Crippen LogP contribution in [0.15, 0.2) is 54.3 Å². The maximum atomic E-state index is 14.5. The fourth-order valence-corrected chi connectivity index (χ4v) is 4.25. The molecular weight excluding hydrogens is 397 g/mol. The molecule has 0 unspecified atom stereocenters. The number of imidazole rings is 1. The molecule has 1 fully saturated rings. The first kappa shape index (κ1) is 20.6. The number of esters is 1. The van der Waals surface area contributed by atoms with Crippen LogP contribution in [0, 0.1) is 17.1 Å². The summed E-state index contributed by atoms with van der Waals surface area (Å²) in [5, 5.41) is 20.3. The van der Waals surface area contributed by atoms with Crippen molar-refractivity contribution in [3.63, 3.8) is 0 Å². The summed E-state index contributed by atoms with van der Waals surface area (Å²) in [4.78, 5) is 20.5. The van der Waals surface area contributed by atoms with E-state index in [1.807, 2.05) is 18.2 Å². The topological polar surface area (TPSA) is 99.0 Å². The van der Waals surface area contributed by atoms with Gasteiger partial charge in [0.2, 0.25) is 0 Å². The van der Waals surface area contributed by atoms with Gasteiger partial charge in [-0.05, 0) is 38.0 Å². The number of fused-ring (bicyclic) bond motifs is 1. The Morgan fingerprint density at radius 1 is 1.23 bits per heavy atom. The molecule has 0 aliphatic heterocycles. The van der Waals surface area contributed by atoms with Gasteiger partial charge in [0, 0.05) is 5.56 Å². The number of carbonyl (C=O) groups excluding carboxylic acids is 1. The Bertz CT molecular complexity index is 1170. The first-order chi connectivity index (χ1) is 15.0. The van der Waals surface area contributed by atoms with Gasteiger partial charge in [-0.3, -0.25) is 4.79 Å². The van der Waals surface area contributed by atoms with Gasteiger partial charge in [0.15, 0.2) is 17.7 Å². The van der Waals surface area contributed by atoms with Gasteiger partial charge in [0.05, 0.1) is 16.4 Å². The molecule has 2 aromatic carbocycles. The third-order valence-electron chi connectivity index (χ3n) is 5.90. The average molecular weight is 419 g/mol. The molecule has 1 saturated carbocycles. The van der Waals surface area contributed by atoms with Crippen molar-refractivity contribution in [2.45, 2.75) is 44.1 Å². The Kier molecular flexibility index (Phi) is 5.47. The Balaban J connectivity index is 1.64. The number of para-hydroxylation sites is 2. The van der Waals surface area contributed by atoms with Crippen molar-refractivity contribution in [2.75, 3.05) is 0 Å². The largest absolute Gasteiger partial charge is 0.507 e. The number of aliphatic hydroxyl groups is 1. The summed E-state index contributed by atoms with van der Waals surface area (Å²) in [7, 11) is 0. The SMILES string of the molecule is C[C@H](OC(=O)C1(c2ccccc2F)CCCC1)/C(O)=C(\C#N)c1nc2ccccc2[nH]1. The third-order valence-corrected chi connectivity index (χ3v) is 5.90. The molecule has 0 radical (unpaired) electrons. The van der Waals surface area contributed by atoms with Crippen LogP contribution in [0.1, 0.15) is 44.0 Å². The number of hydrogen-bond acceptors (Lipinski definition) is 5. The van der Waals surface area contributed by atoms with Crippen LogP contribution < -0.4 is 0 Å². The van der Waals surface area contributed by atoms with Gasteiger partial charge in [-0.15, -0.1) is 0 Å². The lowest BCUT2D eigenvalue weighted by molar-refractivity contribution is -0.155. The standard InChI is InChI=1S/C24H22FN3O3/c1-15(21(29)16(14-26)22-27-19-10-4-5-11-20(19)28-22)31-23(30)24(12-6-7-13-24)17-8-2-3-9-18(17)25/h2-5,8-11,15,29H,6-7,12-13H2,1H3,(H,27,28)/b21-16-/t15-/m0/s1. The Morgan fingerprint density at radius 3 is 2.58 bits per heavy atom. The van der Waals surface area contributed by atoms with E-state index >= 15 is 0 Å². The smallest absolute Gasteiger partial charge is 0.317 e. The van der Waals surface area contributed by atoms with Crippen molar-refractivity contribution < 1.29 is 19.0 Å². The van der Waals surface area contributed by atoms with Crippen LogP contribution in [0.25, 0.3) is 16.6 Å². The first-order valence-corrected chi connectivity index (χ1v) is 10.2. The minimum absolute atomic E-state index is 0.108. The quantitative estimate of drug-likeness (QED) is 0.347. The maximum absolute atomic E-state index is 14.5. The molecule has 31 heavy (non-hydrogen) atoms. The zero-order valence-corrected chi connectivity index (χ0v) is 17.1. The normalized spacial score (nSPS) is 17.1. The molecule has 0 saturated heterocycles. The van der Waals surface area contributed by atoms with Gasteiger partial charge in [0.1, 0.15) is 17.5 Å². The average Bonchev–Trinajstić information content (AvgIpc) is 3.42. The van der Waals surface area contributed by atoms with E-state index < -0.39 is 29.1 Å². The van der Waals surface area contributed by atoms with Gasteiger partial charge in [-0.25, -0.2) is 9.37 Å². The molecule has 4 rings (SSSR count). The maximum Gasteiger partial charge on any atom is 0.317 e. The van der Waals surface area contributed by atoms with Crippen molar-refractivity contribution in [1.82, 2.24) is 9.97 Å². The molecule has 6 nitrogen and oxygen atoms in total. The van der Waals surface area contributed by atoms with Crippen LogP contribution >= 0.6 is 0 Å². The minimum Gasteiger partial charge on any atom is -0.507 e. The lowest BCUT2D eigenvalue weighted by Crippen LogP contribution is -2.38. The number of carbonyl (C=O) groups is 1. The molecule has 1 aliphatic carbocycles. The number of halogens is 1. The van der Waals surface area contributed by atoms with E-state index in [0.29, 0.717) is 29.4 Å². The van der Waals surface area contributed by atoms with E-state index in [1.54, 1.807) is 30.3 Å². The van der Waals surface area contributed by atoms with Crippen molar-refractivity contribution in [1.29, 1.82) is 5.26 Å². The molecule has 7 heteroatoms. The lowest BCUT2D eigenvalue weighted by Gasteiger charge is -2.29. The molecule has 1 aliphatic rings. The van der Waals surface area contributed by atoms with Crippen LogP contribution in [0.3, 0.4) is 0 Å². The van der Waals surface area contributed by atoms with E-state index in [2.05, 4.69) is 9.97 Å². The lowest BCUT2D eigenvalue weighted by atomic mass is 9.78. The number of nitrogens with one attached hydrogen (secondary N) is 1. The van der Waals surface area contributed by atoms with Crippen LogP contribution in [-0.2, 0) is 14.9 Å². The highest BCUT2D eigenvalue weighted by molar-refractivity contribution is 5.85. The number of nitrogens with zero attached hydrogens (tertiary/aromatic N) is 2. The molecule has 2 N–H and O–H groups in total. The highest BCUT2D eigenvalue weighted by Gasteiger charge is 2.46. The van der Waals surface area contributed by atoms with Crippen molar-refractivity contribution in [2.24, 2.45) is 0 Å². The molecule has 0 amide bonds. The van der Waals surface area contributed by atoms with Crippen LogP contribution in [0.2, 0.25) is 0 Å². The minimum atomic E-state index is -1.10. The van der Waals surface area contributed by atoms with Crippen LogP contribution in [-0.4, -0.2) is 27.1 Å². The highest BCUT2D eigenvalue weighted by atomic mass is 19.1. The number of aromatic nitrogens is 2. The number of aliphatic hydroxyl groups excluding tert-OH is 1. The van der Waals surface area contributed by atoms with Gasteiger partial charge >= 0.3 is 5.97 Å². The summed E-state index contributed by atoms with van der Waals surface area (Å²) in [6.45, 7) is 1.48. The van der Waals surface area contributed by atoms with E-state index in [9.17, 15) is 19.6 Å². The second kappa shape index (κ2) is 8.23. The molecule has 1 atom stereocenters. The number of allylic oxidation sites excluding steroid dienone is 1. The zero-order valence-electron chi connectivity index (χ0n) is 17.1. The molecule has 0 spiro atoms. The summed E-state index contributed by atoms with van der Waals surface area (Å²) in [6, 6.07) is 15.4. The Labute approximate surface area is 179 Å². The van der Waals surface area contributed by atoms with E-state index in [1.165, 1.54) is 13.0 Å². The monoisotopic (exact) mass is 419 g/mol. The summed E-state index contributed by atoms with van der Waals surface area (Å²) in [5.41, 5.74) is 0.472. The number of benzene rings is 2. The predicted molar refractivity (Wildman–Crippen MR) is 113 cm³/mol. The number of rotatable bonds is 5. The van der Waals surface area contributed by atoms with Crippen molar-refractivity contribution >= 4 is 22.6 Å². The van der Waals surface area contributed by atoms with Gasteiger partial charge in [-0.2, -0.15) is 5.26 Å². The second-order valence-corrected chi connectivity index (χ2v) is 7.79. The molecular formula is C24H22FN3O3. The zero-order chi connectivity index (χ0) is 22.0. The number of H-pyrrole nitrogens is 1. The van der Waals surface area contributed by atoms with Gasteiger partial charge in [-0.1, -0.05) is 43.2 Å². The fraction of sp³-hybridized carbons (Fsp3) is 0.292. The molecule has 158 valence electrons. The molecule has 3 aromatic rings. The number of hydrogen-bond donors (Lipinski definition) is 2. The Morgan fingerprint density at radius 2 is 1.90 bits per heavy atom. The van der Waals surface area contributed by atoms with Gasteiger partial charge < -0.3 is 14.8 Å².